The molecule has 6 nitrogen and oxygen atoms in total. The Morgan fingerprint density at radius 1 is 1.28 bits per heavy atom. The zero-order valence-corrected chi connectivity index (χ0v) is 14.9. The number of amides is 1. The molecule has 128 valence electrons. The summed E-state index contributed by atoms with van der Waals surface area (Å²) in [5.41, 5.74) is 8.06. The number of hydrogen-bond donors (Lipinski definition) is 2. The van der Waals surface area contributed by atoms with E-state index in [1.165, 1.54) is 10.7 Å². The fourth-order valence-electron chi connectivity index (χ4n) is 2.24. The third-order valence-corrected chi connectivity index (χ3v) is 4.13. The number of aryl methyl sites for hydroxylation is 1. The summed E-state index contributed by atoms with van der Waals surface area (Å²) in [6, 6.07) is 12.0. The fraction of sp³-hybridized carbons (Fsp3) is 0.118. The highest BCUT2D eigenvalue weighted by Gasteiger charge is 2.18. The largest absolute Gasteiger partial charge is 0.382 e. The monoisotopic (exact) mass is 403 g/mol. The molecule has 0 aliphatic heterocycles. The molecule has 0 atom stereocenters. The van der Waals surface area contributed by atoms with E-state index >= 15 is 0 Å². The molecular formula is C17H15BrFN5O. The van der Waals surface area contributed by atoms with Crippen LogP contribution in [-0.4, -0.2) is 20.9 Å². The molecule has 3 rings (SSSR count). The average molecular weight is 404 g/mol. The highest BCUT2D eigenvalue weighted by molar-refractivity contribution is 9.10. The molecule has 1 aromatic heterocycles. The fourth-order valence-corrected chi connectivity index (χ4v) is 2.57. The molecule has 0 saturated carbocycles. The Kier molecular flexibility index (Phi) is 4.80. The standard InChI is InChI=1S/C17H15BrFN5O/c1-10-2-6-13(7-3-10)21-17(25)15-16(20)24(23-22-15)9-11-4-5-12(18)8-14(11)19/h2-8H,9,20H2,1H3,(H,21,25). The first-order valence-corrected chi connectivity index (χ1v) is 8.24. The van der Waals surface area contributed by atoms with Crippen molar-refractivity contribution in [1.29, 1.82) is 0 Å². The zero-order valence-electron chi connectivity index (χ0n) is 13.3. The number of anilines is 2. The molecule has 0 aliphatic rings. The predicted octanol–water partition coefficient (Wildman–Crippen LogP) is 3.37. The number of nitrogens with zero attached hydrogens (tertiary/aromatic N) is 3. The van der Waals surface area contributed by atoms with Crippen LogP contribution in [0.2, 0.25) is 0 Å². The van der Waals surface area contributed by atoms with Gasteiger partial charge in [0.2, 0.25) is 0 Å². The Labute approximate surface area is 152 Å². The molecule has 3 N–H and O–H groups in total. The summed E-state index contributed by atoms with van der Waals surface area (Å²) >= 11 is 3.20. The smallest absolute Gasteiger partial charge is 0.280 e. The Hall–Kier alpha value is -2.74. The van der Waals surface area contributed by atoms with Crippen LogP contribution in [0, 0.1) is 12.7 Å². The normalized spacial score (nSPS) is 10.7. The van der Waals surface area contributed by atoms with Gasteiger partial charge in [0.1, 0.15) is 5.82 Å². The van der Waals surface area contributed by atoms with E-state index in [1.807, 2.05) is 19.1 Å². The summed E-state index contributed by atoms with van der Waals surface area (Å²) in [6.07, 6.45) is 0. The number of nitrogens with two attached hydrogens (primary N) is 1. The minimum absolute atomic E-state index is 0.00176. The quantitative estimate of drug-likeness (QED) is 0.698. The third-order valence-electron chi connectivity index (χ3n) is 3.63. The first kappa shape index (κ1) is 17.1. The van der Waals surface area contributed by atoms with Crippen molar-refractivity contribution in [3.8, 4) is 0 Å². The molecule has 1 heterocycles. The van der Waals surface area contributed by atoms with Crippen LogP contribution in [0.15, 0.2) is 46.9 Å². The number of carbonyl (C=O) groups is 1. The maximum absolute atomic E-state index is 13.9. The van der Waals surface area contributed by atoms with Crippen molar-refractivity contribution >= 4 is 33.3 Å². The van der Waals surface area contributed by atoms with E-state index in [9.17, 15) is 9.18 Å². The molecule has 0 aliphatic carbocycles. The van der Waals surface area contributed by atoms with E-state index in [4.69, 9.17) is 5.73 Å². The summed E-state index contributed by atoms with van der Waals surface area (Å²) in [6.45, 7) is 2.03. The minimum atomic E-state index is -0.469. The van der Waals surface area contributed by atoms with Gasteiger partial charge in [-0.2, -0.15) is 0 Å². The topological polar surface area (TPSA) is 85.8 Å². The van der Waals surface area contributed by atoms with Crippen molar-refractivity contribution in [2.45, 2.75) is 13.5 Å². The lowest BCUT2D eigenvalue weighted by atomic mass is 10.2. The molecule has 25 heavy (non-hydrogen) atoms. The van der Waals surface area contributed by atoms with Gasteiger partial charge in [-0.3, -0.25) is 4.79 Å². The maximum Gasteiger partial charge on any atom is 0.280 e. The van der Waals surface area contributed by atoms with Gasteiger partial charge in [0.25, 0.3) is 5.91 Å². The van der Waals surface area contributed by atoms with Crippen LogP contribution < -0.4 is 11.1 Å². The Bertz CT molecular complexity index is 923. The summed E-state index contributed by atoms with van der Waals surface area (Å²) in [4.78, 5) is 12.3. The van der Waals surface area contributed by atoms with Crippen LogP contribution in [0.4, 0.5) is 15.9 Å². The number of halogens is 2. The summed E-state index contributed by atoms with van der Waals surface area (Å²) in [7, 11) is 0. The van der Waals surface area contributed by atoms with Crippen LogP contribution in [0.5, 0.6) is 0 Å². The van der Waals surface area contributed by atoms with Gasteiger partial charge in [-0.25, -0.2) is 9.07 Å². The van der Waals surface area contributed by atoms with E-state index < -0.39 is 11.7 Å². The molecule has 3 aromatic rings. The molecular weight excluding hydrogens is 389 g/mol. The molecule has 8 heteroatoms. The number of rotatable bonds is 4. The van der Waals surface area contributed by atoms with Gasteiger partial charge in [-0.1, -0.05) is 44.9 Å². The first-order chi connectivity index (χ1) is 11.9. The lowest BCUT2D eigenvalue weighted by Crippen LogP contribution is -2.15. The number of nitrogens with one attached hydrogen (secondary N) is 1. The van der Waals surface area contributed by atoms with Gasteiger partial charge in [0.15, 0.2) is 11.5 Å². The highest BCUT2D eigenvalue weighted by atomic mass is 79.9. The van der Waals surface area contributed by atoms with E-state index in [2.05, 4.69) is 31.6 Å². The van der Waals surface area contributed by atoms with Crippen molar-refractivity contribution in [1.82, 2.24) is 15.0 Å². The second-order valence-electron chi connectivity index (χ2n) is 5.54. The van der Waals surface area contributed by atoms with Crippen molar-refractivity contribution in [2.75, 3.05) is 11.1 Å². The Morgan fingerprint density at radius 3 is 2.68 bits per heavy atom. The summed E-state index contributed by atoms with van der Waals surface area (Å²) < 4.78 is 15.9. The van der Waals surface area contributed by atoms with Crippen LogP contribution in [-0.2, 0) is 6.54 Å². The van der Waals surface area contributed by atoms with Gasteiger partial charge in [-0.15, -0.1) is 5.10 Å². The lowest BCUT2D eigenvalue weighted by molar-refractivity contribution is 0.102. The number of hydrogen-bond acceptors (Lipinski definition) is 4. The second kappa shape index (κ2) is 7.02. The van der Waals surface area contributed by atoms with Crippen molar-refractivity contribution in [2.24, 2.45) is 0 Å². The Balaban J connectivity index is 1.78. The molecule has 0 unspecified atom stereocenters. The Morgan fingerprint density at radius 2 is 2.00 bits per heavy atom. The summed E-state index contributed by atoms with van der Waals surface area (Å²) in [5, 5.41) is 10.4. The zero-order chi connectivity index (χ0) is 18.0. The number of nitrogen functional groups attached to an aromatic ring is 1. The molecule has 0 bridgehead atoms. The molecule has 1 amide bonds. The lowest BCUT2D eigenvalue weighted by Gasteiger charge is -2.06. The molecule has 0 spiro atoms. The van der Waals surface area contributed by atoms with Crippen LogP contribution in [0.25, 0.3) is 0 Å². The first-order valence-electron chi connectivity index (χ1n) is 7.45. The minimum Gasteiger partial charge on any atom is -0.382 e. The SMILES string of the molecule is Cc1ccc(NC(=O)c2nnn(Cc3ccc(Br)cc3F)c2N)cc1. The third kappa shape index (κ3) is 3.85. The predicted molar refractivity (Wildman–Crippen MR) is 96.8 cm³/mol. The number of aromatic nitrogens is 3. The van der Waals surface area contributed by atoms with E-state index in [0.29, 0.717) is 15.7 Å². The highest BCUT2D eigenvalue weighted by Crippen LogP contribution is 2.18. The van der Waals surface area contributed by atoms with Crippen molar-refractivity contribution < 1.29 is 9.18 Å². The molecule has 0 fully saturated rings. The van der Waals surface area contributed by atoms with Crippen LogP contribution in [0.1, 0.15) is 21.6 Å². The van der Waals surface area contributed by atoms with Crippen molar-refractivity contribution in [3.05, 3.63) is 69.6 Å². The number of benzene rings is 2. The van der Waals surface area contributed by atoms with Crippen molar-refractivity contribution in [3.63, 3.8) is 0 Å². The van der Waals surface area contributed by atoms with E-state index in [1.54, 1.807) is 24.3 Å². The van der Waals surface area contributed by atoms with Crippen LogP contribution in [0.3, 0.4) is 0 Å². The van der Waals surface area contributed by atoms with Gasteiger partial charge in [0.05, 0.1) is 6.54 Å². The van der Waals surface area contributed by atoms with Crippen LogP contribution >= 0.6 is 15.9 Å². The summed E-state index contributed by atoms with van der Waals surface area (Å²) in [5.74, 6) is -0.786. The van der Waals surface area contributed by atoms with Gasteiger partial charge >= 0.3 is 0 Å². The second-order valence-corrected chi connectivity index (χ2v) is 6.45. The molecule has 0 radical (unpaired) electrons. The van der Waals surface area contributed by atoms with Gasteiger partial charge in [-0.05, 0) is 31.2 Å². The number of carbonyl (C=O) groups excluding carboxylic acids is 1. The molecule has 2 aromatic carbocycles. The maximum atomic E-state index is 13.9. The van der Waals surface area contributed by atoms with E-state index in [-0.39, 0.29) is 18.1 Å². The molecule has 0 saturated heterocycles. The van der Waals surface area contributed by atoms with Gasteiger partial charge < -0.3 is 11.1 Å². The van der Waals surface area contributed by atoms with E-state index in [0.717, 1.165) is 5.56 Å². The van der Waals surface area contributed by atoms with Gasteiger partial charge in [0, 0.05) is 15.7 Å². The average Bonchev–Trinajstić information content (AvgIpc) is 2.93.